The Bertz CT molecular complexity index is 1260. The predicted molar refractivity (Wildman–Crippen MR) is 132 cm³/mol. The van der Waals surface area contributed by atoms with Gasteiger partial charge in [-0.15, -0.1) is 5.10 Å². The van der Waals surface area contributed by atoms with Crippen molar-refractivity contribution in [2.45, 2.75) is 32.7 Å². The normalized spacial score (nSPS) is 13.8. The first-order chi connectivity index (χ1) is 17.2. The third kappa shape index (κ3) is 5.14. The Labute approximate surface area is 204 Å². The molecule has 1 fully saturated rings. The van der Waals surface area contributed by atoms with Gasteiger partial charge in [0.1, 0.15) is 0 Å². The predicted octanol–water partition coefficient (Wildman–Crippen LogP) is 3.59. The van der Waals surface area contributed by atoms with Crippen molar-refractivity contribution in [3.8, 4) is 22.5 Å². The first-order valence-corrected chi connectivity index (χ1v) is 12.1. The Balaban J connectivity index is 1.37. The molecular formula is C26H29N7O2. The van der Waals surface area contributed by atoms with E-state index >= 15 is 0 Å². The maximum atomic E-state index is 13.0. The first kappa shape index (κ1) is 22.9. The largest absolute Gasteiger partial charge is 0.378 e. The minimum absolute atomic E-state index is 0.0151. The van der Waals surface area contributed by atoms with Crippen molar-refractivity contribution in [2.24, 2.45) is 0 Å². The fourth-order valence-corrected chi connectivity index (χ4v) is 4.36. The number of benzene rings is 2. The van der Waals surface area contributed by atoms with Crippen LogP contribution in [-0.2, 0) is 17.7 Å². The highest BCUT2D eigenvalue weighted by Gasteiger charge is 2.22. The molecule has 1 saturated heterocycles. The van der Waals surface area contributed by atoms with E-state index in [-0.39, 0.29) is 5.91 Å². The molecule has 1 aliphatic rings. The molecule has 1 N–H and O–H groups in total. The molecule has 1 aliphatic heterocycles. The molecule has 180 valence electrons. The summed E-state index contributed by atoms with van der Waals surface area (Å²) in [7, 11) is 0. The zero-order chi connectivity index (χ0) is 24.0. The van der Waals surface area contributed by atoms with Crippen molar-refractivity contribution in [3.63, 3.8) is 0 Å². The molecule has 35 heavy (non-hydrogen) atoms. The maximum absolute atomic E-state index is 13.0. The molecule has 0 spiro atoms. The van der Waals surface area contributed by atoms with E-state index in [4.69, 9.17) is 9.84 Å². The summed E-state index contributed by atoms with van der Waals surface area (Å²) < 4.78 is 7.36. The van der Waals surface area contributed by atoms with Crippen LogP contribution in [0.5, 0.6) is 0 Å². The van der Waals surface area contributed by atoms with E-state index in [0.717, 1.165) is 47.2 Å². The third-order valence-corrected chi connectivity index (χ3v) is 6.29. The molecule has 0 aliphatic carbocycles. The number of unbranched alkanes of at least 4 members (excludes halogenated alkanes) is 1. The van der Waals surface area contributed by atoms with Gasteiger partial charge >= 0.3 is 0 Å². The number of aryl methyl sites for hydroxylation is 1. The number of carbonyl (C=O) groups excluding carboxylic acids is 1. The van der Waals surface area contributed by atoms with E-state index in [0.29, 0.717) is 44.4 Å². The summed E-state index contributed by atoms with van der Waals surface area (Å²) in [5.41, 5.74) is 5.82. The van der Waals surface area contributed by atoms with Crippen LogP contribution in [0.3, 0.4) is 0 Å². The Morgan fingerprint density at radius 2 is 1.83 bits per heavy atom. The van der Waals surface area contributed by atoms with Crippen LogP contribution in [0.2, 0.25) is 0 Å². The lowest BCUT2D eigenvalue weighted by molar-refractivity contribution is 0.0298. The van der Waals surface area contributed by atoms with Gasteiger partial charge in [-0.1, -0.05) is 61.9 Å². The molecule has 0 saturated carbocycles. The zero-order valence-corrected chi connectivity index (χ0v) is 19.9. The molecule has 2 aromatic heterocycles. The van der Waals surface area contributed by atoms with Crippen molar-refractivity contribution in [1.29, 1.82) is 0 Å². The smallest absolute Gasteiger partial charge is 0.274 e. The van der Waals surface area contributed by atoms with Crippen LogP contribution in [0.4, 0.5) is 0 Å². The topological polar surface area (TPSA) is 102 Å². The quantitative estimate of drug-likeness (QED) is 0.421. The molecule has 2 aromatic carbocycles. The second kappa shape index (κ2) is 10.6. The Morgan fingerprint density at radius 1 is 1.06 bits per heavy atom. The van der Waals surface area contributed by atoms with E-state index < -0.39 is 0 Å². The van der Waals surface area contributed by atoms with Gasteiger partial charge in [0.25, 0.3) is 5.91 Å². The lowest BCUT2D eigenvalue weighted by atomic mass is 9.98. The SMILES string of the molecule is CCCCc1cc(C(=O)N2CCOCC2)nn1Cc1ccc(-c2ccccc2-c2nnn[nH]2)cc1. The van der Waals surface area contributed by atoms with Gasteiger partial charge in [0.05, 0.1) is 19.8 Å². The van der Waals surface area contributed by atoms with E-state index in [1.807, 2.05) is 33.8 Å². The lowest BCUT2D eigenvalue weighted by Gasteiger charge is -2.25. The van der Waals surface area contributed by atoms with Crippen LogP contribution in [0, 0.1) is 0 Å². The number of hydrogen-bond donors (Lipinski definition) is 1. The van der Waals surface area contributed by atoms with Crippen LogP contribution in [0.25, 0.3) is 22.5 Å². The maximum Gasteiger partial charge on any atom is 0.274 e. The van der Waals surface area contributed by atoms with Gasteiger partial charge in [0, 0.05) is 24.3 Å². The second-order valence-corrected chi connectivity index (χ2v) is 8.68. The standard InChI is InChI=1S/C26H29N7O2/c1-2-3-6-21-17-24(26(34)32-13-15-35-16-14-32)29-33(21)18-19-9-11-20(12-10-19)22-7-4-5-8-23(22)25-27-30-31-28-25/h4-5,7-12,17H,2-3,6,13-16,18H2,1H3,(H,27,28,30,31). The second-order valence-electron chi connectivity index (χ2n) is 8.68. The minimum atomic E-state index is -0.0151. The van der Waals surface area contributed by atoms with Gasteiger partial charge < -0.3 is 9.64 Å². The number of rotatable bonds is 8. The van der Waals surface area contributed by atoms with Crippen LogP contribution in [0.15, 0.2) is 54.6 Å². The van der Waals surface area contributed by atoms with Gasteiger partial charge in [-0.25, -0.2) is 5.10 Å². The van der Waals surface area contributed by atoms with Gasteiger partial charge in [0.2, 0.25) is 0 Å². The van der Waals surface area contributed by atoms with Crippen molar-refractivity contribution >= 4 is 5.91 Å². The zero-order valence-electron chi connectivity index (χ0n) is 19.9. The summed E-state index contributed by atoms with van der Waals surface area (Å²) in [6, 6.07) is 18.4. The molecule has 1 amide bonds. The number of aromatic nitrogens is 6. The molecule has 5 rings (SSSR count). The van der Waals surface area contributed by atoms with Crippen LogP contribution in [-0.4, -0.2) is 67.5 Å². The Hall–Kier alpha value is -3.85. The number of nitrogens with one attached hydrogen (secondary N) is 1. The van der Waals surface area contributed by atoms with Gasteiger partial charge in [-0.2, -0.15) is 5.10 Å². The van der Waals surface area contributed by atoms with Crippen LogP contribution < -0.4 is 0 Å². The average Bonchev–Trinajstić information content (AvgIpc) is 3.59. The Morgan fingerprint density at radius 3 is 2.54 bits per heavy atom. The number of H-pyrrole nitrogens is 1. The number of nitrogens with zero attached hydrogens (tertiary/aromatic N) is 6. The van der Waals surface area contributed by atoms with Gasteiger partial charge in [-0.3, -0.25) is 9.48 Å². The fraction of sp³-hybridized carbons (Fsp3) is 0.346. The molecule has 9 nitrogen and oxygen atoms in total. The summed E-state index contributed by atoms with van der Waals surface area (Å²) in [6.45, 7) is 5.18. The van der Waals surface area contributed by atoms with Crippen molar-refractivity contribution < 1.29 is 9.53 Å². The number of amides is 1. The van der Waals surface area contributed by atoms with E-state index in [9.17, 15) is 4.79 Å². The Kier molecular flexibility index (Phi) is 6.94. The summed E-state index contributed by atoms with van der Waals surface area (Å²) in [5, 5.41) is 19.0. The van der Waals surface area contributed by atoms with Crippen molar-refractivity contribution in [1.82, 2.24) is 35.3 Å². The lowest BCUT2D eigenvalue weighted by Crippen LogP contribution is -2.40. The molecule has 0 radical (unpaired) electrons. The summed E-state index contributed by atoms with van der Waals surface area (Å²) >= 11 is 0. The van der Waals surface area contributed by atoms with Gasteiger partial charge in [0.15, 0.2) is 11.5 Å². The summed E-state index contributed by atoms with van der Waals surface area (Å²) in [4.78, 5) is 14.8. The molecule has 0 unspecified atom stereocenters. The molecule has 0 bridgehead atoms. The monoisotopic (exact) mass is 471 g/mol. The van der Waals surface area contributed by atoms with E-state index in [1.54, 1.807) is 0 Å². The number of carbonyl (C=O) groups is 1. The van der Waals surface area contributed by atoms with Crippen molar-refractivity contribution in [3.05, 3.63) is 71.5 Å². The number of hydrogen-bond acceptors (Lipinski definition) is 6. The molecular weight excluding hydrogens is 442 g/mol. The highest BCUT2D eigenvalue weighted by atomic mass is 16.5. The first-order valence-electron chi connectivity index (χ1n) is 12.1. The third-order valence-electron chi connectivity index (χ3n) is 6.29. The molecule has 9 heteroatoms. The molecule has 4 aromatic rings. The highest BCUT2D eigenvalue weighted by molar-refractivity contribution is 5.92. The van der Waals surface area contributed by atoms with Crippen LogP contribution >= 0.6 is 0 Å². The number of morpholine rings is 1. The average molecular weight is 472 g/mol. The summed E-state index contributed by atoms with van der Waals surface area (Å²) in [6.07, 6.45) is 3.05. The molecule has 0 atom stereocenters. The number of ether oxygens (including phenoxy) is 1. The number of aromatic amines is 1. The van der Waals surface area contributed by atoms with E-state index in [2.05, 4.69) is 57.9 Å². The van der Waals surface area contributed by atoms with Crippen molar-refractivity contribution in [2.75, 3.05) is 26.3 Å². The fourth-order valence-electron chi connectivity index (χ4n) is 4.36. The minimum Gasteiger partial charge on any atom is -0.378 e. The van der Waals surface area contributed by atoms with Crippen LogP contribution in [0.1, 0.15) is 41.5 Å². The molecule has 3 heterocycles. The number of tetrazole rings is 1. The summed E-state index contributed by atoms with van der Waals surface area (Å²) in [5.74, 6) is 0.623. The van der Waals surface area contributed by atoms with Gasteiger partial charge in [-0.05, 0) is 46.0 Å². The van der Waals surface area contributed by atoms with E-state index in [1.165, 1.54) is 0 Å². The highest BCUT2D eigenvalue weighted by Crippen LogP contribution is 2.30.